The van der Waals surface area contributed by atoms with Gasteiger partial charge in [-0.1, -0.05) is 53.0 Å². The first-order valence-electron chi connectivity index (χ1n) is 6.41. The van der Waals surface area contributed by atoms with Gasteiger partial charge in [-0.15, -0.1) is 0 Å². The first-order valence-corrected chi connectivity index (χ1v) is 7.16. The van der Waals surface area contributed by atoms with Gasteiger partial charge < -0.3 is 10.5 Å². The van der Waals surface area contributed by atoms with E-state index in [1.165, 1.54) is 0 Å². The minimum absolute atomic E-state index is 0.0836. The van der Waals surface area contributed by atoms with Crippen LogP contribution in [0.25, 0.3) is 0 Å². The van der Waals surface area contributed by atoms with E-state index in [9.17, 15) is 0 Å². The van der Waals surface area contributed by atoms with E-state index < -0.39 is 0 Å². The normalized spacial score (nSPS) is 12.2. The maximum atomic E-state index is 6.15. The van der Waals surface area contributed by atoms with Crippen molar-refractivity contribution < 1.29 is 4.74 Å². The summed E-state index contributed by atoms with van der Waals surface area (Å²) in [6.07, 6.45) is 0. The number of halogens is 2. The van der Waals surface area contributed by atoms with Crippen molar-refractivity contribution in [3.63, 3.8) is 0 Å². The molecule has 0 fully saturated rings. The fourth-order valence-corrected chi connectivity index (χ4v) is 2.35. The van der Waals surface area contributed by atoms with Gasteiger partial charge >= 0.3 is 0 Å². The van der Waals surface area contributed by atoms with Crippen LogP contribution in [0.1, 0.15) is 29.7 Å². The summed E-state index contributed by atoms with van der Waals surface area (Å²) in [6.45, 7) is 4.33. The van der Waals surface area contributed by atoms with Crippen molar-refractivity contribution in [1.29, 1.82) is 0 Å². The summed E-state index contributed by atoms with van der Waals surface area (Å²) in [5.74, 6) is 0.779. The zero-order chi connectivity index (χ0) is 14.7. The van der Waals surface area contributed by atoms with Crippen molar-refractivity contribution >= 4 is 23.2 Å². The van der Waals surface area contributed by atoms with Crippen molar-refractivity contribution in [2.45, 2.75) is 26.5 Å². The summed E-state index contributed by atoms with van der Waals surface area (Å²) in [6, 6.07) is 11.4. The Hall–Kier alpha value is -1.22. The summed E-state index contributed by atoms with van der Waals surface area (Å²) in [5.41, 5.74) is 8.98. The second kappa shape index (κ2) is 6.49. The molecule has 0 aliphatic heterocycles. The van der Waals surface area contributed by atoms with Crippen molar-refractivity contribution in [2.75, 3.05) is 0 Å². The molecule has 0 aromatic heterocycles. The minimum atomic E-state index is -0.0836. The summed E-state index contributed by atoms with van der Waals surface area (Å²) in [4.78, 5) is 0. The molecule has 0 unspecified atom stereocenters. The summed E-state index contributed by atoms with van der Waals surface area (Å²) < 4.78 is 5.85. The molecule has 2 aromatic rings. The van der Waals surface area contributed by atoms with Gasteiger partial charge in [0.05, 0.1) is 10.0 Å². The zero-order valence-electron chi connectivity index (χ0n) is 11.5. The van der Waals surface area contributed by atoms with Crippen LogP contribution in [0.5, 0.6) is 5.75 Å². The van der Waals surface area contributed by atoms with Crippen LogP contribution in [0, 0.1) is 6.92 Å². The molecule has 2 N–H and O–H groups in total. The van der Waals surface area contributed by atoms with Gasteiger partial charge in [0.15, 0.2) is 0 Å². The highest BCUT2D eigenvalue weighted by Crippen LogP contribution is 2.29. The van der Waals surface area contributed by atoms with Crippen molar-refractivity contribution in [3.05, 3.63) is 63.1 Å². The first-order chi connectivity index (χ1) is 9.49. The predicted octanol–water partition coefficient (Wildman–Crippen LogP) is 4.90. The standard InChI is InChI=1S/C16H17Cl2NO/c1-10-6-7-15(13(8-10)11(2)19)20-9-12-4-3-5-14(17)16(12)18/h3-8,11H,9,19H2,1-2H3/t11-/m0/s1. The smallest absolute Gasteiger partial charge is 0.124 e. The molecule has 20 heavy (non-hydrogen) atoms. The van der Waals surface area contributed by atoms with Gasteiger partial charge in [0.2, 0.25) is 0 Å². The molecule has 2 nitrogen and oxygen atoms in total. The van der Waals surface area contributed by atoms with E-state index in [-0.39, 0.29) is 6.04 Å². The lowest BCUT2D eigenvalue weighted by Crippen LogP contribution is -2.08. The Morgan fingerprint density at radius 3 is 2.65 bits per heavy atom. The van der Waals surface area contributed by atoms with E-state index in [2.05, 4.69) is 0 Å². The van der Waals surface area contributed by atoms with Gasteiger partial charge in [0, 0.05) is 17.2 Å². The molecule has 2 rings (SSSR count). The van der Waals surface area contributed by atoms with Crippen molar-refractivity contribution in [1.82, 2.24) is 0 Å². The molecule has 0 saturated carbocycles. The Bertz CT molecular complexity index is 611. The van der Waals surface area contributed by atoms with E-state index in [4.69, 9.17) is 33.7 Å². The Morgan fingerprint density at radius 2 is 1.95 bits per heavy atom. The van der Waals surface area contributed by atoms with Crippen molar-refractivity contribution in [2.24, 2.45) is 5.73 Å². The molecule has 0 radical (unpaired) electrons. The number of rotatable bonds is 4. The molecule has 0 heterocycles. The molecular weight excluding hydrogens is 293 g/mol. The lowest BCUT2D eigenvalue weighted by molar-refractivity contribution is 0.301. The van der Waals surface area contributed by atoms with Crippen LogP contribution >= 0.6 is 23.2 Å². The van der Waals surface area contributed by atoms with Crippen LogP contribution in [0.15, 0.2) is 36.4 Å². The number of hydrogen-bond donors (Lipinski definition) is 1. The van der Waals surface area contributed by atoms with E-state index in [0.717, 1.165) is 22.4 Å². The van der Waals surface area contributed by atoms with Crippen LogP contribution in [0.4, 0.5) is 0 Å². The molecule has 106 valence electrons. The maximum Gasteiger partial charge on any atom is 0.124 e. The van der Waals surface area contributed by atoms with E-state index in [1.807, 2.05) is 44.2 Å². The van der Waals surface area contributed by atoms with Crippen LogP contribution in [-0.4, -0.2) is 0 Å². The molecule has 4 heteroatoms. The number of nitrogens with two attached hydrogens (primary N) is 1. The minimum Gasteiger partial charge on any atom is -0.489 e. The second-order valence-electron chi connectivity index (χ2n) is 4.83. The Balaban J connectivity index is 2.21. The zero-order valence-corrected chi connectivity index (χ0v) is 13.0. The monoisotopic (exact) mass is 309 g/mol. The van der Waals surface area contributed by atoms with E-state index in [1.54, 1.807) is 6.07 Å². The van der Waals surface area contributed by atoms with Gasteiger partial charge in [0.1, 0.15) is 12.4 Å². The summed E-state index contributed by atoms with van der Waals surface area (Å²) >= 11 is 12.1. The third-order valence-corrected chi connectivity index (χ3v) is 3.93. The third kappa shape index (κ3) is 3.45. The van der Waals surface area contributed by atoms with Gasteiger partial charge in [-0.25, -0.2) is 0 Å². The van der Waals surface area contributed by atoms with Crippen LogP contribution in [-0.2, 0) is 6.61 Å². The third-order valence-electron chi connectivity index (χ3n) is 3.07. The number of benzene rings is 2. The number of aryl methyl sites for hydroxylation is 1. The molecule has 0 amide bonds. The molecule has 0 bridgehead atoms. The molecule has 0 saturated heterocycles. The van der Waals surface area contributed by atoms with Gasteiger partial charge in [-0.05, 0) is 26.0 Å². The maximum absolute atomic E-state index is 6.15. The predicted molar refractivity (Wildman–Crippen MR) is 84.6 cm³/mol. The molecule has 0 spiro atoms. The molecule has 0 aliphatic rings. The Kier molecular flexibility index (Phi) is 4.92. The SMILES string of the molecule is Cc1ccc(OCc2cccc(Cl)c2Cl)c([C@H](C)N)c1. The number of hydrogen-bond acceptors (Lipinski definition) is 2. The van der Waals surface area contributed by atoms with Gasteiger partial charge in [0.25, 0.3) is 0 Å². The lowest BCUT2D eigenvalue weighted by Gasteiger charge is -2.15. The first kappa shape index (κ1) is 15.2. The highest BCUT2D eigenvalue weighted by molar-refractivity contribution is 6.42. The molecule has 2 aromatic carbocycles. The van der Waals surface area contributed by atoms with Crippen LogP contribution in [0.3, 0.4) is 0 Å². The van der Waals surface area contributed by atoms with Crippen LogP contribution < -0.4 is 10.5 Å². The topological polar surface area (TPSA) is 35.2 Å². The largest absolute Gasteiger partial charge is 0.489 e. The molecule has 0 aliphatic carbocycles. The fourth-order valence-electron chi connectivity index (χ4n) is 1.97. The number of ether oxygens (including phenoxy) is 1. The van der Waals surface area contributed by atoms with Gasteiger partial charge in [-0.2, -0.15) is 0 Å². The highest BCUT2D eigenvalue weighted by atomic mass is 35.5. The molecule has 1 atom stereocenters. The Labute approximate surface area is 129 Å². The fraction of sp³-hybridized carbons (Fsp3) is 0.250. The van der Waals surface area contributed by atoms with Crippen LogP contribution in [0.2, 0.25) is 10.0 Å². The average Bonchev–Trinajstić information content (AvgIpc) is 2.41. The van der Waals surface area contributed by atoms with Crippen molar-refractivity contribution in [3.8, 4) is 5.75 Å². The second-order valence-corrected chi connectivity index (χ2v) is 5.62. The van der Waals surface area contributed by atoms with Gasteiger partial charge in [-0.3, -0.25) is 0 Å². The quantitative estimate of drug-likeness (QED) is 0.871. The van der Waals surface area contributed by atoms with E-state index >= 15 is 0 Å². The van der Waals surface area contributed by atoms with E-state index in [0.29, 0.717) is 16.7 Å². The summed E-state index contributed by atoms with van der Waals surface area (Å²) in [5, 5.41) is 1.06. The average molecular weight is 310 g/mol. The highest BCUT2D eigenvalue weighted by Gasteiger charge is 2.10. The molecular formula is C16H17Cl2NO. The Morgan fingerprint density at radius 1 is 1.20 bits per heavy atom. The summed E-state index contributed by atoms with van der Waals surface area (Å²) in [7, 11) is 0. The lowest BCUT2D eigenvalue weighted by atomic mass is 10.1.